The normalized spacial score (nSPS) is 11.7. The van der Waals surface area contributed by atoms with Crippen LogP contribution in [0.1, 0.15) is 0 Å². The molecule has 59 heavy (non-hydrogen) atoms. The van der Waals surface area contributed by atoms with Crippen LogP contribution in [0, 0.1) is 0 Å². The molecule has 0 aliphatic heterocycles. The number of thiophene rings is 1. The number of hydrogen-bond donors (Lipinski definition) is 0. The van der Waals surface area contributed by atoms with Crippen LogP contribution >= 0.6 is 11.3 Å². The molecular weight excluding hydrogens is 733 g/mol. The predicted molar refractivity (Wildman–Crippen MR) is 254 cm³/mol. The van der Waals surface area contributed by atoms with Crippen molar-refractivity contribution >= 4 is 91.9 Å². The van der Waals surface area contributed by atoms with E-state index in [1.54, 1.807) is 0 Å². The Morgan fingerprint density at radius 3 is 1.76 bits per heavy atom. The van der Waals surface area contributed by atoms with Crippen LogP contribution in [0.5, 0.6) is 0 Å². The van der Waals surface area contributed by atoms with Crippen LogP contribution in [-0.2, 0) is 0 Å². The number of benzene rings is 10. The lowest BCUT2D eigenvalue weighted by molar-refractivity contribution is 1.19. The second-order valence-electron chi connectivity index (χ2n) is 15.3. The van der Waals surface area contributed by atoms with Crippen LogP contribution in [0.4, 0.5) is 17.1 Å². The molecule has 2 heterocycles. The fraction of sp³-hybridized carbons (Fsp3) is 0. The van der Waals surface area contributed by atoms with Gasteiger partial charge < -0.3 is 9.47 Å². The first-order valence-corrected chi connectivity index (χ1v) is 21.0. The van der Waals surface area contributed by atoms with Gasteiger partial charge in [0.25, 0.3) is 0 Å². The third-order valence-corrected chi connectivity index (χ3v) is 13.2. The standard InChI is InChI=1S/C56H36N2S/c1-2-15-42(16-3-1)58-53-36-41(29-34-48(53)50-35-28-39-13-5-7-18-47(39)55(50)58)37-24-30-43(31-25-37)57(52-22-11-21-51-49-19-8-9-23-54(49)59-56(51)52)44-32-26-40(27-33-44)46-20-10-14-38-12-4-6-17-45(38)46/h1-36H. The first kappa shape index (κ1) is 33.7. The van der Waals surface area contributed by atoms with E-state index in [4.69, 9.17) is 0 Å². The Bertz CT molecular complexity index is 3540. The van der Waals surface area contributed by atoms with Crippen molar-refractivity contribution in [2.24, 2.45) is 0 Å². The summed E-state index contributed by atoms with van der Waals surface area (Å²) in [6, 6.07) is 79.9. The van der Waals surface area contributed by atoms with Gasteiger partial charge in [0.1, 0.15) is 0 Å². The molecule has 0 atom stereocenters. The van der Waals surface area contributed by atoms with Crippen molar-refractivity contribution in [1.82, 2.24) is 4.57 Å². The summed E-state index contributed by atoms with van der Waals surface area (Å²) in [5.74, 6) is 0. The van der Waals surface area contributed by atoms with Gasteiger partial charge in [-0.1, -0.05) is 164 Å². The molecule has 0 saturated carbocycles. The average Bonchev–Trinajstić information content (AvgIpc) is 3.86. The van der Waals surface area contributed by atoms with E-state index < -0.39 is 0 Å². The molecule has 0 aliphatic carbocycles. The van der Waals surface area contributed by atoms with E-state index in [1.807, 2.05) is 11.3 Å². The maximum Gasteiger partial charge on any atom is 0.0640 e. The van der Waals surface area contributed by atoms with Crippen LogP contribution < -0.4 is 4.90 Å². The van der Waals surface area contributed by atoms with Crippen LogP contribution in [-0.4, -0.2) is 4.57 Å². The minimum Gasteiger partial charge on any atom is -0.309 e. The Balaban J connectivity index is 1.00. The molecule has 0 radical (unpaired) electrons. The predicted octanol–water partition coefficient (Wildman–Crippen LogP) is 16.3. The summed E-state index contributed by atoms with van der Waals surface area (Å²) in [4.78, 5) is 2.43. The number of aromatic nitrogens is 1. The zero-order chi connectivity index (χ0) is 38.9. The zero-order valence-electron chi connectivity index (χ0n) is 32.1. The average molecular weight is 769 g/mol. The summed E-state index contributed by atoms with van der Waals surface area (Å²) in [7, 11) is 0. The van der Waals surface area contributed by atoms with Gasteiger partial charge in [-0.05, 0) is 93.0 Å². The number of para-hydroxylation sites is 1. The highest BCUT2D eigenvalue weighted by atomic mass is 32.1. The summed E-state index contributed by atoms with van der Waals surface area (Å²) in [5, 5.41) is 10.1. The second-order valence-corrected chi connectivity index (χ2v) is 16.3. The van der Waals surface area contributed by atoms with Gasteiger partial charge in [0.05, 0.1) is 21.4 Å². The Labute approximate surface area is 346 Å². The Hall–Kier alpha value is -7.46. The summed E-state index contributed by atoms with van der Waals surface area (Å²) in [5.41, 5.74) is 11.8. The van der Waals surface area contributed by atoms with Crippen molar-refractivity contribution in [1.29, 1.82) is 0 Å². The number of rotatable bonds is 6. The largest absolute Gasteiger partial charge is 0.309 e. The van der Waals surface area contributed by atoms with Crippen LogP contribution in [0.25, 0.3) is 91.5 Å². The molecule has 0 N–H and O–H groups in total. The van der Waals surface area contributed by atoms with E-state index in [-0.39, 0.29) is 0 Å². The summed E-state index contributed by atoms with van der Waals surface area (Å²) in [6.07, 6.45) is 0. The summed E-state index contributed by atoms with van der Waals surface area (Å²) in [6.45, 7) is 0. The van der Waals surface area contributed by atoms with Crippen molar-refractivity contribution in [3.05, 3.63) is 218 Å². The molecule has 0 bridgehead atoms. The maximum atomic E-state index is 2.44. The summed E-state index contributed by atoms with van der Waals surface area (Å²) >= 11 is 1.87. The van der Waals surface area contributed by atoms with E-state index in [1.165, 1.54) is 91.5 Å². The van der Waals surface area contributed by atoms with Crippen molar-refractivity contribution in [3.63, 3.8) is 0 Å². The first-order chi connectivity index (χ1) is 29.3. The Morgan fingerprint density at radius 2 is 0.966 bits per heavy atom. The van der Waals surface area contributed by atoms with Crippen LogP contribution in [0.2, 0.25) is 0 Å². The molecule has 2 nitrogen and oxygen atoms in total. The molecule has 3 heteroatoms. The van der Waals surface area contributed by atoms with Gasteiger partial charge in [-0.3, -0.25) is 0 Å². The smallest absolute Gasteiger partial charge is 0.0640 e. The molecule has 0 aliphatic rings. The molecule has 10 aromatic carbocycles. The lowest BCUT2D eigenvalue weighted by Crippen LogP contribution is -2.10. The highest BCUT2D eigenvalue weighted by Gasteiger charge is 2.20. The second kappa shape index (κ2) is 13.6. The molecule has 0 fully saturated rings. The van der Waals surface area contributed by atoms with Gasteiger partial charge in [-0.25, -0.2) is 0 Å². The number of anilines is 3. The van der Waals surface area contributed by atoms with Crippen molar-refractivity contribution < 1.29 is 0 Å². The van der Waals surface area contributed by atoms with Crippen molar-refractivity contribution in [3.8, 4) is 27.9 Å². The fourth-order valence-electron chi connectivity index (χ4n) is 9.21. The lowest BCUT2D eigenvalue weighted by Gasteiger charge is -2.26. The van der Waals surface area contributed by atoms with Crippen molar-refractivity contribution in [2.45, 2.75) is 0 Å². The topological polar surface area (TPSA) is 8.17 Å². The third-order valence-electron chi connectivity index (χ3n) is 12.0. The molecule has 12 rings (SSSR count). The Morgan fingerprint density at radius 1 is 0.373 bits per heavy atom. The minimum absolute atomic E-state index is 1.11. The van der Waals surface area contributed by atoms with Gasteiger partial charge in [0, 0.05) is 48.7 Å². The van der Waals surface area contributed by atoms with Crippen molar-refractivity contribution in [2.75, 3.05) is 4.90 Å². The van der Waals surface area contributed by atoms with Gasteiger partial charge >= 0.3 is 0 Å². The van der Waals surface area contributed by atoms with Gasteiger partial charge in [0.15, 0.2) is 0 Å². The number of nitrogens with zero attached hydrogens (tertiary/aromatic N) is 2. The van der Waals surface area contributed by atoms with E-state index in [0.717, 1.165) is 17.1 Å². The van der Waals surface area contributed by atoms with E-state index in [9.17, 15) is 0 Å². The number of fused-ring (bicyclic) bond motifs is 9. The molecule has 0 saturated heterocycles. The zero-order valence-corrected chi connectivity index (χ0v) is 32.9. The van der Waals surface area contributed by atoms with Gasteiger partial charge in [-0.15, -0.1) is 11.3 Å². The molecule has 12 aromatic rings. The first-order valence-electron chi connectivity index (χ1n) is 20.2. The fourth-order valence-corrected chi connectivity index (χ4v) is 10.4. The van der Waals surface area contributed by atoms with Crippen LogP contribution in [0.15, 0.2) is 218 Å². The minimum atomic E-state index is 1.11. The highest BCUT2D eigenvalue weighted by Crippen LogP contribution is 2.46. The quantitative estimate of drug-likeness (QED) is 0.164. The summed E-state index contributed by atoms with van der Waals surface area (Å²) < 4.78 is 5.02. The Kier molecular flexibility index (Phi) is 7.75. The third kappa shape index (κ3) is 5.47. The molecule has 276 valence electrons. The molecule has 0 spiro atoms. The molecule has 0 unspecified atom stereocenters. The van der Waals surface area contributed by atoms with Gasteiger partial charge in [0.2, 0.25) is 0 Å². The van der Waals surface area contributed by atoms with E-state index in [2.05, 4.69) is 228 Å². The molecule has 2 aromatic heterocycles. The lowest BCUT2D eigenvalue weighted by atomic mass is 9.98. The number of hydrogen-bond acceptors (Lipinski definition) is 2. The van der Waals surface area contributed by atoms with Crippen LogP contribution in [0.3, 0.4) is 0 Å². The molecule has 0 amide bonds. The van der Waals surface area contributed by atoms with Gasteiger partial charge in [-0.2, -0.15) is 0 Å². The maximum absolute atomic E-state index is 2.44. The van der Waals surface area contributed by atoms with E-state index >= 15 is 0 Å². The SMILES string of the molecule is c1ccc(-n2c3cc(-c4ccc(N(c5ccc(-c6cccc7ccccc67)cc5)c5cccc6c5sc5ccccc56)cc4)ccc3c3ccc4ccccc4c32)cc1. The highest BCUT2D eigenvalue weighted by molar-refractivity contribution is 7.26. The van der Waals surface area contributed by atoms with E-state index in [0.29, 0.717) is 0 Å². The monoisotopic (exact) mass is 768 g/mol. The molecular formula is C56H36N2S.